The van der Waals surface area contributed by atoms with Crippen molar-refractivity contribution in [1.82, 2.24) is 4.90 Å². The monoisotopic (exact) mass is 247 g/mol. The van der Waals surface area contributed by atoms with Gasteiger partial charge in [-0.1, -0.05) is 0 Å². The van der Waals surface area contributed by atoms with Gasteiger partial charge in [-0.3, -0.25) is 4.79 Å². The Kier molecular flexibility index (Phi) is 3.64. The molecular formula is C11H18FNO4. The number of halogens is 1. The standard InChI is InChI=1S/C11H18FNO4/c1-10(2,3)17-9(16)13-5-4-11(12,7-13)6-8(14)15/h4-7H2,1-3H3,(H,14,15). The Labute approximate surface area is 99.5 Å². The van der Waals surface area contributed by atoms with E-state index in [4.69, 9.17) is 9.84 Å². The quantitative estimate of drug-likeness (QED) is 0.808. The Morgan fingerprint density at radius 1 is 1.47 bits per heavy atom. The van der Waals surface area contributed by atoms with Crippen LogP contribution in [0.15, 0.2) is 0 Å². The van der Waals surface area contributed by atoms with Gasteiger partial charge < -0.3 is 14.7 Å². The number of aliphatic carboxylic acids is 1. The topological polar surface area (TPSA) is 66.8 Å². The molecule has 6 heteroatoms. The van der Waals surface area contributed by atoms with Crippen molar-refractivity contribution in [2.24, 2.45) is 0 Å². The fraction of sp³-hybridized carbons (Fsp3) is 0.818. The van der Waals surface area contributed by atoms with Gasteiger partial charge in [0.2, 0.25) is 0 Å². The zero-order chi connectivity index (χ0) is 13.3. The molecule has 1 aliphatic heterocycles. The van der Waals surface area contributed by atoms with Gasteiger partial charge in [-0.25, -0.2) is 9.18 Å². The molecular weight excluding hydrogens is 229 g/mol. The van der Waals surface area contributed by atoms with Crippen LogP contribution in [0.2, 0.25) is 0 Å². The molecule has 1 heterocycles. The molecule has 1 atom stereocenters. The summed E-state index contributed by atoms with van der Waals surface area (Å²) in [4.78, 5) is 23.3. The van der Waals surface area contributed by atoms with Crippen molar-refractivity contribution in [2.45, 2.75) is 44.9 Å². The molecule has 1 saturated heterocycles. The third-order valence-corrected chi connectivity index (χ3v) is 2.42. The molecule has 1 amide bonds. The number of hydrogen-bond donors (Lipinski definition) is 1. The normalized spacial score (nSPS) is 24.8. The number of carbonyl (C=O) groups is 2. The van der Waals surface area contributed by atoms with E-state index in [1.54, 1.807) is 20.8 Å². The first-order valence-corrected chi connectivity index (χ1v) is 5.50. The SMILES string of the molecule is CC(C)(C)OC(=O)N1CCC(F)(CC(=O)O)C1. The van der Waals surface area contributed by atoms with Gasteiger partial charge in [0.25, 0.3) is 0 Å². The van der Waals surface area contributed by atoms with Crippen LogP contribution < -0.4 is 0 Å². The average Bonchev–Trinajstić information content (AvgIpc) is 2.43. The number of ether oxygens (including phenoxy) is 1. The summed E-state index contributed by atoms with van der Waals surface area (Å²) in [6.45, 7) is 5.15. The number of amides is 1. The van der Waals surface area contributed by atoms with Crippen molar-refractivity contribution < 1.29 is 23.8 Å². The summed E-state index contributed by atoms with van der Waals surface area (Å²) in [5, 5.41) is 8.58. The van der Waals surface area contributed by atoms with Crippen LogP contribution in [0.3, 0.4) is 0 Å². The minimum Gasteiger partial charge on any atom is -0.481 e. The summed E-state index contributed by atoms with van der Waals surface area (Å²) in [5.74, 6) is -1.20. The van der Waals surface area contributed by atoms with Crippen molar-refractivity contribution >= 4 is 12.1 Å². The lowest BCUT2D eigenvalue weighted by Gasteiger charge is -2.25. The lowest BCUT2D eigenvalue weighted by molar-refractivity contribution is -0.140. The maximum atomic E-state index is 14.0. The molecule has 1 N–H and O–H groups in total. The highest BCUT2D eigenvalue weighted by Crippen LogP contribution is 2.30. The number of hydrogen-bond acceptors (Lipinski definition) is 3. The number of carboxylic acid groups (broad SMARTS) is 1. The fourth-order valence-corrected chi connectivity index (χ4v) is 1.73. The van der Waals surface area contributed by atoms with Crippen molar-refractivity contribution in [3.8, 4) is 0 Å². The lowest BCUT2D eigenvalue weighted by atomic mass is 10.0. The first kappa shape index (κ1) is 13.7. The number of carbonyl (C=O) groups excluding carboxylic acids is 1. The summed E-state index contributed by atoms with van der Waals surface area (Å²) in [7, 11) is 0. The molecule has 0 saturated carbocycles. The second-order valence-corrected chi connectivity index (χ2v) is 5.37. The molecule has 5 nitrogen and oxygen atoms in total. The summed E-state index contributed by atoms with van der Waals surface area (Å²) in [6, 6.07) is 0. The zero-order valence-corrected chi connectivity index (χ0v) is 10.3. The van der Waals surface area contributed by atoms with E-state index in [0.717, 1.165) is 0 Å². The molecule has 0 aliphatic carbocycles. The second-order valence-electron chi connectivity index (χ2n) is 5.37. The molecule has 1 fully saturated rings. The van der Waals surface area contributed by atoms with Crippen LogP contribution >= 0.6 is 0 Å². The van der Waals surface area contributed by atoms with Crippen molar-refractivity contribution in [3.05, 3.63) is 0 Å². The van der Waals surface area contributed by atoms with Crippen LogP contribution in [0.25, 0.3) is 0 Å². The Bertz CT molecular complexity index is 326. The fourth-order valence-electron chi connectivity index (χ4n) is 1.73. The van der Waals surface area contributed by atoms with Crippen LogP contribution in [0.5, 0.6) is 0 Å². The highest BCUT2D eigenvalue weighted by Gasteiger charge is 2.43. The predicted molar refractivity (Wildman–Crippen MR) is 58.5 cm³/mol. The van der Waals surface area contributed by atoms with Crippen molar-refractivity contribution in [2.75, 3.05) is 13.1 Å². The smallest absolute Gasteiger partial charge is 0.410 e. The minimum atomic E-state index is -1.83. The van der Waals surface area contributed by atoms with E-state index in [0.29, 0.717) is 0 Å². The number of rotatable bonds is 2. The van der Waals surface area contributed by atoms with Crippen LogP contribution in [-0.2, 0) is 9.53 Å². The van der Waals surface area contributed by atoms with Crippen LogP contribution in [-0.4, -0.2) is 46.4 Å². The molecule has 1 aliphatic rings. The predicted octanol–water partition coefficient (Wildman–Crippen LogP) is 1.81. The first-order chi connectivity index (χ1) is 7.61. The molecule has 0 aromatic rings. The van der Waals surface area contributed by atoms with E-state index < -0.39 is 29.8 Å². The van der Waals surface area contributed by atoms with Crippen LogP contribution in [0.4, 0.5) is 9.18 Å². The van der Waals surface area contributed by atoms with Gasteiger partial charge in [-0.2, -0.15) is 0 Å². The molecule has 1 rings (SSSR count). The summed E-state index contributed by atoms with van der Waals surface area (Å²) in [6.07, 6.45) is -1.13. The molecule has 98 valence electrons. The molecule has 0 spiro atoms. The molecule has 0 aromatic heterocycles. The third-order valence-electron chi connectivity index (χ3n) is 2.42. The van der Waals surface area contributed by atoms with Crippen LogP contribution in [0.1, 0.15) is 33.6 Å². The highest BCUT2D eigenvalue weighted by molar-refractivity contribution is 5.71. The van der Waals surface area contributed by atoms with E-state index in [1.165, 1.54) is 4.90 Å². The highest BCUT2D eigenvalue weighted by atomic mass is 19.1. The van der Waals surface area contributed by atoms with E-state index in [-0.39, 0.29) is 19.5 Å². The van der Waals surface area contributed by atoms with Gasteiger partial charge in [0.15, 0.2) is 0 Å². The maximum Gasteiger partial charge on any atom is 0.410 e. The Hall–Kier alpha value is -1.33. The van der Waals surface area contributed by atoms with Gasteiger partial charge >= 0.3 is 12.1 Å². The van der Waals surface area contributed by atoms with Gasteiger partial charge in [0, 0.05) is 13.0 Å². The number of nitrogens with zero attached hydrogens (tertiary/aromatic N) is 1. The number of alkyl halides is 1. The van der Waals surface area contributed by atoms with E-state index in [2.05, 4.69) is 0 Å². The molecule has 1 unspecified atom stereocenters. The van der Waals surface area contributed by atoms with Crippen molar-refractivity contribution in [3.63, 3.8) is 0 Å². The van der Waals surface area contributed by atoms with Gasteiger partial charge in [0.1, 0.15) is 11.3 Å². The summed E-state index contributed by atoms with van der Waals surface area (Å²) in [5.41, 5.74) is -2.46. The lowest BCUT2D eigenvalue weighted by Crippen LogP contribution is -2.38. The van der Waals surface area contributed by atoms with Gasteiger partial charge in [-0.15, -0.1) is 0 Å². The van der Waals surface area contributed by atoms with Crippen molar-refractivity contribution in [1.29, 1.82) is 0 Å². The van der Waals surface area contributed by atoms with E-state index in [9.17, 15) is 14.0 Å². The van der Waals surface area contributed by atoms with Gasteiger partial charge in [-0.05, 0) is 20.8 Å². The Balaban J connectivity index is 2.55. The molecule has 17 heavy (non-hydrogen) atoms. The third kappa shape index (κ3) is 4.20. The number of carboxylic acids is 1. The first-order valence-electron chi connectivity index (χ1n) is 5.50. The number of likely N-dealkylation sites (tertiary alicyclic amines) is 1. The minimum absolute atomic E-state index is 0.0402. The van der Waals surface area contributed by atoms with E-state index in [1.807, 2.05) is 0 Å². The van der Waals surface area contributed by atoms with Gasteiger partial charge in [0.05, 0.1) is 13.0 Å². The molecule has 0 radical (unpaired) electrons. The second kappa shape index (κ2) is 4.50. The Morgan fingerprint density at radius 2 is 2.06 bits per heavy atom. The largest absolute Gasteiger partial charge is 0.481 e. The summed E-state index contributed by atoms with van der Waals surface area (Å²) >= 11 is 0. The zero-order valence-electron chi connectivity index (χ0n) is 10.3. The molecule has 0 bridgehead atoms. The average molecular weight is 247 g/mol. The summed E-state index contributed by atoms with van der Waals surface area (Å²) < 4.78 is 19.1. The Morgan fingerprint density at radius 3 is 2.53 bits per heavy atom. The van der Waals surface area contributed by atoms with Crippen LogP contribution in [0, 0.1) is 0 Å². The van der Waals surface area contributed by atoms with E-state index >= 15 is 0 Å². The maximum absolute atomic E-state index is 14.0. The molecule has 0 aromatic carbocycles.